The molecule has 1 nitrogen and oxygen atoms in total. The van der Waals surface area contributed by atoms with Gasteiger partial charge in [0.2, 0.25) is 0 Å². The third kappa shape index (κ3) is 2.65. The number of hydrogen-bond donors (Lipinski definition) is 1. The lowest BCUT2D eigenvalue weighted by Gasteiger charge is -2.36. The van der Waals surface area contributed by atoms with E-state index < -0.39 is 0 Å². The molecule has 0 spiro atoms. The summed E-state index contributed by atoms with van der Waals surface area (Å²) in [4.78, 5) is 1.45. The van der Waals surface area contributed by atoms with Crippen molar-refractivity contribution in [1.82, 2.24) is 5.32 Å². The van der Waals surface area contributed by atoms with E-state index in [1.807, 2.05) is 11.3 Å². The quantitative estimate of drug-likeness (QED) is 0.726. The van der Waals surface area contributed by atoms with E-state index in [2.05, 4.69) is 57.2 Å². The van der Waals surface area contributed by atoms with Crippen molar-refractivity contribution in [2.75, 3.05) is 7.05 Å². The molecule has 1 N–H and O–H groups in total. The van der Waals surface area contributed by atoms with Crippen LogP contribution in [0.15, 0.2) is 14.3 Å². The van der Waals surface area contributed by atoms with Gasteiger partial charge in [0.05, 0.1) is 3.79 Å². The zero-order valence-corrected chi connectivity index (χ0v) is 14.3. The minimum Gasteiger partial charge on any atom is -0.312 e. The van der Waals surface area contributed by atoms with Crippen molar-refractivity contribution in [3.8, 4) is 0 Å². The van der Waals surface area contributed by atoms with E-state index in [0.29, 0.717) is 11.5 Å². The fourth-order valence-electron chi connectivity index (χ4n) is 3.18. The molecule has 1 atom stereocenters. The van der Waals surface area contributed by atoms with Gasteiger partial charge in [-0.05, 0) is 69.7 Å². The Labute approximate surface area is 125 Å². The lowest BCUT2D eigenvalue weighted by atomic mass is 9.75. The molecule has 0 amide bonds. The maximum absolute atomic E-state index is 3.61. The lowest BCUT2D eigenvalue weighted by Crippen LogP contribution is -2.33. The molecule has 1 saturated carbocycles. The molecule has 96 valence electrons. The van der Waals surface area contributed by atoms with Gasteiger partial charge in [0.15, 0.2) is 0 Å². The first kappa shape index (κ1) is 14.0. The van der Waals surface area contributed by atoms with Gasteiger partial charge in [0.25, 0.3) is 0 Å². The highest BCUT2D eigenvalue weighted by molar-refractivity contribution is 9.13. The fourth-order valence-corrected chi connectivity index (χ4v) is 5.52. The molecule has 4 heteroatoms. The van der Waals surface area contributed by atoms with Crippen molar-refractivity contribution in [1.29, 1.82) is 0 Å². The molecule has 0 aliphatic heterocycles. The zero-order chi connectivity index (χ0) is 12.5. The zero-order valence-electron chi connectivity index (χ0n) is 10.4. The first-order valence-electron chi connectivity index (χ1n) is 6.25. The van der Waals surface area contributed by atoms with Crippen LogP contribution in [0.4, 0.5) is 0 Å². The maximum Gasteiger partial charge on any atom is 0.0843 e. The third-order valence-electron chi connectivity index (χ3n) is 4.15. The molecule has 1 unspecified atom stereocenters. The summed E-state index contributed by atoms with van der Waals surface area (Å²) in [5.74, 6) is 0. The molecule has 1 aliphatic carbocycles. The Bertz CT molecular complexity index is 363. The van der Waals surface area contributed by atoms with Crippen molar-refractivity contribution < 1.29 is 0 Å². The van der Waals surface area contributed by atoms with E-state index in [0.717, 1.165) is 0 Å². The van der Waals surface area contributed by atoms with Gasteiger partial charge in [-0.1, -0.05) is 19.8 Å². The average molecular weight is 381 g/mol. The monoisotopic (exact) mass is 379 g/mol. The van der Waals surface area contributed by atoms with Crippen LogP contribution in [0.2, 0.25) is 0 Å². The molecule has 1 aromatic rings. The molecule has 1 heterocycles. The Morgan fingerprint density at radius 2 is 2.06 bits per heavy atom. The average Bonchev–Trinajstić information content (AvgIpc) is 2.90. The van der Waals surface area contributed by atoms with Gasteiger partial charge in [0, 0.05) is 15.4 Å². The summed E-state index contributed by atoms with van der Waals surface area (Å²) in [6, 6.07) is 2.77. The number of nitrogens with one attached hydrogen (secondary N) is 1. The van der Waals surface area contributed by atoms with Crippen molar-refractivity contribution in [3.63, 3.8) is 0 Å². The SMILES string of the molecule is CCC1(C(NC)c2cc(Br)c(Br)s2)CCCC1. The second kappa shape index (κ2) is 5.72. The minimum atomic E-state index is 0.471. The molecule has 1 aliphatic rings. The summed E-state index contributed by atoms with van der Waals surface area (Å²) >= 11 is 9.06. The number of hydrogen-bond acceptors (Lipinski definition) is 2. The summed E-state index contributed by atoms with van der Waals surface area (Å²) in [6.45, 7) is 2.34. The topological polar surface area (TPSA) is 12.0 Å². The van der Waals surface area contributed by atoms with Crippen molar-refractivity contribution in [2.24, 2.45) is 5.41 Å². The van der Waals surface area contributed by atoms with E-state index in [1.54, 1.807) is 0 Å². The lowest BCUT2D eigenvalue weighted by molar-refractivity contribution is 0.198. The predicted octanol–water partition coefficient (Wildman–Crippen LogP) is 5.50. The summed E-state index contributed by atoms with van der Waals surface area (Å²) in [7, 11) is 2.10. The fraction of sp³-hybridized carbons (Fsp3) is 0.692. The van der Waals surface area contributed by atoms with E-state index >= 15 is 0 Å². The molecular formula is C13H19Br2NS. The Hall–Kier alpha value is 0.620. The highest BCUT2D eigenvalue weighted by Gasteiger charge is 2.40. The molecule has 1 aromatic heterocycles. The second-order valence-corrected chi connectivity index (χ2v) is 8.17. The molecule has 1 fully saturated rings. The number of halogens is 2. The summed E-state index contributed by atoms with van der Waals surface area (Å²) in [5.41, 5.74) is 0.471. The Morgan fingerprint density at radius 3 is 2.47 bits per heavy atom. The molecule has 2 rings (SSSR count). The summed E-state index contributed by atoms with van der Waals surface area (Å²) in [6.07, 6.45) is 6.77. The molecule has 0 saturated heterocycles. The van der Waals surface area contributed by atoms with Crippen LogP contribution in [0.25, 0.3) is 0 Å². The van der Waals surface area contributed by atoms with Crippen LogP contribution in [-0.4, -0.2) is 7.05 Å². The minimum absolute atomic E-state index is 0.471. The van der Waals surface area contributed by atoms with Gasteiger partial charge < -0.3 is 5.32 Å². The highest BCUT2D eigenvalue weighted by Crippen LogP contribution is 2.52. The van der Waals surface area contributed by atoms with Crippen LogP contribution in [0.1, 0.15) is 49.9 Å². The molecule has 0 radical (unpaired) electrons. The van der Waals surface area contributed by atoms with Crippen molar-refractivity contribution >= 4 is 43.2 Å². The van der Waals surface area contributed by atoms with Crippen LogP contribution in [-0.2, 0) is 0 Å². The summed E-state index contributed by atoms with van der Waals surface area (Å²) in [5, 5.41) is 3.56. The van der Waals surface area contributed by atoms with Gasteiger partial charge in [-0.25, -0.2) is 0 Å². The van der Waals surface area contributed by atoms with Gasteiger partial charge in [-0.3, -0.25) is 0 Å². The Balaban J connectivity index is 2.31. The van der Waals surface area contributed by atoms with Crippen molar-refractivity contribution in [2.45, 2.75) is 45.1 Å². The smallest absolute Gasteiger partial charge is 0.0843 e. The van der Waals surface area contributed by atoms with Crippen LogP contribution in [0, 0.1) is 5.41 Å². The van der Waals surface area contributed by atoms with Crippen LogP contribution in [0.5, 0.6) is 0 Å². The second-order valence-electron chi connectivity index (χ2n) is 4.92. The number of thiophene rings is 1. The number of rotatable bonds is 4. The van der Waals surface area contributed by atoms with Crippen molar-refractivity contribution in [3.05, 3.63) is 19.2 Å². The largest absolute Gasteiger partial charge is 0.312 e. The van der Waals surface area contributed by atoms with Gasteiger partial charge in [-0.2, -0.15) is 0 Å². The van der Waals surface area contributed by atoms with E-state index in [4.69, 9.17) is 0 Å². The summed E-state index contributed by atoms with van der Waals surface area (Å²) < 4.78 is 2.39. The van der Waals surface area contributed by atoms with Crippen LogP contribution in [0.3, 0.4) is 0 Å². The Morgan fingerprint density at radius 1 is 1.41 bits per heavy atom. The van der Waals surface area contributed by atoms with Crippen LogP contribution < -0.4 is 5.32 Å². The van der Waals surface area contributed by atoms with E-state index in [1.165, 1.54) is 45.2 Å². The normalized spacial score (nSPS) is 20.7. The predicted molar refractivity (Wildman–Crippen MR) is 82.7 cm³/mol. The molecule has 17 heavy (non-hydrogen) atoms. The highest BCUT2D eigenvalue weighted by atomic mass is 79.9. The first-order chi connectivity index (χ1) is 8.13. The maximum atomic E-state index is 3.61. The van der Waals surface area contributed by atoms with Gasteiger partial charge in [0.1, 0.15) is 0 Å². The van der Waals surface area contributed by atoms with Gasteiger partial charge >= 0.3 is 0 Å². The third-order valence-corrected chi connectivity index (χ3v) is 7.47. The Kier molecular flexibility index (Phi) is 4.73. The van der Waals surface area contributed by atoms with Crippen LogP contribution >= 0.6 is 43.2 Å². The molecular weight excluding hydrogens is 362 g/mol. The molecule has 0 aromatic carbocycles. The first-order valence-corrected chi connectivity index (χ1v) is 8.65. The standard InChI is InChI=1S/C13H19Br2NS/c1-3-13(6-4-5-7-13)11(16-2)10-8-9(14)12(15)17-10/h8,11,16H,3-7H2,1-2H3. The molecule has 0 bridgehead atoms. The van der Waals surface area contributed by atoms with E-state index in [-0.39, 0.29) is 0 Å². The van der Waals surface area contributed by atoms with E-state index in [9.17, 15) is 0 Å². The van der Waals surface area contributed by atoms with Gasteiger partial charge in [-0.15, -0.1) is 11.3 Å².